The van der Waals surface area contributed by atoms with E-state index in [1.807, 2.05) is 0 Å². The van der Waals surface area contributed by atoms with Gasteiger partial charge in [0, 0.05) is 12.0 Å². The topological polar surface area (TPSA) is 52.6 Å². The van der Waals surface area contributed by atoms with Crippen molar-refractivity contribution in [2.24, 2.45) is 0 Å². The van der Waals surface area contributed by atoms with Crippen molar-refractivity contribution in [3.8, 4) is 11.5 Å². The van der Waals surface area contributed by atoms with Crippen LogP contribution >= 0.6 is 11.6 Å². The van der Waals surface area contributed by atoms with Gasteiger partial charge in [-0.1, -0.05) is 18.7 Å². The Labute approximate surface area is 104 Å². The molecule has 4 nitrogen and oxygen atoms in total. The first kappa shape index (κ1) is 13.3. The average Bonchev–Trinajstić information content (AvgIpc) is 2.31. The van der Waals surface area contributed by atoms with Crippen LogP contribution < -0.4 is 9.47 Å². The number of hydrogen-bond acceptors (Lipinski definition) is 4. The van der Waals surface area contributed by atoms with Crippen LogP contribution in [-0.2, 0) is 9.59 Å². The molecule has 0 radical (unpaired) electrons. The summed E-state index contributed by atoms with van der Waals surface area (Å²) in [4.78, 5) is 22.3. The van der Waals surface area contributed by atoms with Crippen LogP contribution in [0.5, 0.6) is 11.5 Å². The first-order valence-corrected chi connectivity index (χ1v) is 5.40. The molecule has 0 heterocycles. The lowest BCUT2D eigenvalue weighted by atomic mass is 10.3. The molecular formula is C12H11ClO4. The largest absolute Gasteiger partial charge is 0.422 e. The van der Waals surface area contributed by atoms with E-state index in [0.29, 0.717) is 0 Å². The van der Waals surface area contributed by atoms with Crippen LogP contribution in [0.15, 0.2) is 36.9 Å². The summed E-state index contributed by atoms with van der Waals surface area (Å²) in [5.41, 5.74) is 0. The predicted octanol–water partition coefficient (Wildman–Crippen LogP) is 2.31. The minimum Gasteiger partial charge on any atom is -0.422 e. The molecule has 0 amide bonds. The molecule has 0 aliphatic carbocycles. The maximum absolute atomic E-state index is 11.3. The van der Waals surface area contributed by atoms with Crippen molar-refractivity contribution >= 4 is 23.5 Å². The molecule has 0 aliphatic rings. The second kappa shape index (κ2) is 6.70. The molecule has 0 fully saturated rings. The number of hydrogen-bond donors (Lipinski definition) is 0. The molecule has 0 spiro atoms. The summed E-state index contributed by atoms with van der Waals surface area (Å²) in [5.74, 6) is -0.584. The molecule has 0 saturated heterocycles. The SMILES string of the molecule is C=CC(=O)Oc1ccccc1OC(=O)CCCl. The Morgan fingerprint density at radius 3 is 2.35 bits per heavy atom. The lowest BCUT2D eigenvalue weighted by molar-refractivity contribution is -0.135. The van der Waals surface area contributed by atoms with Crippen molar-refractivity contribution in [3.05, 3.63) is 36.9 Å². The maximum atomic E-state index is 11.3. The summed E-state index contributed by atoms with van der Waals surface area (Å²) >= 11 is 5.41. The number of halogens is 1. The number of alkyl halides is 1. The van der Waals surface area contributed by atoms with Crippen LogP contribution in [-0.4, -0.2) is 17.8 Å². The first-order chi connectivity index (χ1) is 8.17. The monoisotopic (exact) mass is 254 g/mol. The van der Waals surface area contributed by atoms with Crippen LogP contribution in [0.25, 0.3) is 0 Å². The van der Waals surface area contributed by atoms with Crippen LogP contribution in [0.1, 0.15) is 6.42 Å². The highest BCUT2D eigenvalue weighted by atomic mass is 35.5. The average molecular weight is 255 g/mol. The Hall–Kier alpha value is -1.81. The Morgan fingerprint density at radius 1 is 1.24 bits per heavy atom. The fourth-order valence-electron chi connectivity index (χ4n) is 1.02. The number of benzene rings is 1. The zero-order chi connectivity index (χ0) is 12.7. The van der Waals surface area contributed by atoms with Gasteiger partial charge >= 0.3 is 11.9 Å². The molecule has 0 saturated carbocycles. The molecule has 0 unspecified atom stereocenters. The van der Waals surface area contributed by atoms with Crippen LogP contribution in [0, 0.1) is 0 Å². The molecule has 0 atom stereocenters. The molecule has 1 aromatic carbocycles. The van der Waals surface area contributed by atoms with Gasteiger partial charge in [-0.15, -0.1) is 11.6 Å². The molecule has 5 heteroatoms. The van der Waals surface area contributed by atoms with Gasteiger partial charge in [0.2, 0.25) is 0 Å². The van der Waals surface area contributed by atoms with E-state index < -0.39 is 11.9 Å². The predicted molar refractivity (Wildman–Crippen MR) is 63.2 cm³/mol. The third-order valence-corrected chi connectivity index (χ3v) is 1.94. The van der Waals surface area contributed by atoms with Gasteiger partial charge < -0.3 is 9.47 Å². The third kappa shape index (κ3) is 4.28. The van der Waals surface area contributed by atoms with E-state index in [1.54, 1.807) is 12.1 Å². The van der Waals surface area contributed by atoms with E-state index in [4.69, 9.17) is 21.1 Å². The molecule has 0 N–H and O–H groups in total. The van der Waals surface area contributed by atoms with Crippen molar-refractivity contribution in [1.29, 1.82) is 0 Å². The third-order valence-electron chi connectivity index (χ3n) is 1.75. The van der Waals surface area contributed by atoms with Crippen LogP contribution in [0.4, 0.5) is 0 Å². The molecule has 0 bridgehead atoms. The summed E-state index contributed by atoms with van der Waals surface area (Å²) in [6.45, 7) is 3.28. The van der Waals surface area contributed by atoms with Crippen molar-refractivity contribution in [2.75, 3.05) is 5.88 Å². The Morgan fingerprint density at radius 2 is 1.82 bits per heavy atom. The molecule has 17 heavy (non-hydrogen) atoms. The highest BCUT2D eigenvalue weighted by Crippen LogP contribution is 2.26. The highest BCUT2D eigenvalue weighted by molar-refractivity contribution is 6.18. The maximum Gasteiger partial charge on any atom is 0.335 e. The Kier molecular flexibility index (Phi) is 5.23. The lowest BCUT2D eigenvalue weighted by Crippen LogP contribution is -2.10. The zero-order valence-electron chi connectivity index (χ0n) is 9.02. The summed E-state index contributed by atoms with van der Waals surface area (Å²) in [6, 6.07) is 6.36. The summed E-state index contributed by atoms with van der Waals surface area (Å²) in [6.07, 6.45) is 1.11. The fraction of sp³-hybridized carbons (Fsp3) is 0.167. The Balaban J connectivity index is 2.80. The van der Waals surface area contributed by atoms with Crippen LogP contribution in [0.2, 0.25) is 0 Å². The minimum absolute atomic E-state index is 0.0886. The van der Waals surface area contributed by atoms with E-state index in [9.17, 15) is 9.59 Å². The fourth-order valence-corrected chi connectivity index (χ4v) is 1.17. The van der Waals surface area contributed by atoms with Gasteiger partial charge in [0.15, 0.2) is 11.5 Å². The first-order valence-electron chi connectivity index (χ1n) is 4.87. The van der Waals surface area contributed by atoms with Gasteiger partial charge in [0.25, 0.3) is 0 Å². The van der Waals surface area contributed by atoms with Gasteiger partial charge in [0.05, 0.1) is 6.42 Å². The lowest BCUT2D eigenvalue weighted by Gasteiger charge is -2.08. The van der Waals surface area contributed by atoms with Gasteiger partial charge in [-0.05, 0) is 12.1 Å². The van der Waals surface area contributed by atoms with Crippen molar-refractivity contribution in [1.82, 2.24) is 0 Å². The van der Waals surface area contributed by atoms with E-state index in [1.165, 1.54) is 12.1 Å². The minimum atomic E-state index is -0.620. The number of para-hydroxylation sites is 2. The Bertz CT molecular complexity index is 428. The normalized spacial score (nSPS) is 9.47. The number of esters is 2. The second-order valence-electron chi connectivity index (χ2n) is 2.99. The number of carbonyl (C=O) groups is 2. The van der Waals surface area contributed by atoms with E-state index in [-0.39, 0.29) is 23.8 Å². The summed E-state index contributed by atoms with van der Waals surface area (Å²) < 4.78 is 9.90. The van der Waals surface area contributed by atoms with Gasteiger partial charge in [-0.25, -0.2) is 4.79 Å². The molecule has 1 rings (SSSR count). The summed E-state index contributed by atoms with van der Waals surface area (Å²) in [7, 11) is 0. The zero-order valence-corrected chi connectivity index (χ0v) is 9.77. The summed E-state index contributed by atoms with van der Waals surface area (Å²) in [5, 5.41) is 0. The van der Waals surface area contributed by atoms with E-state index in [0.717, 1.165) is 6.08 Å². The molecule has 1 aromatic rings. The number of carbonyl (C=O) groups excluding carboxylic acids is 2. The number of ether oxygens (including phenoxy) is 2. The van der Waals surface area contributed by atoms with Crippen LogP contribution in [0.3, 0.4) is 0 Å². The van der Waals surface area contributed by atoms with Gasteiger partial charge in [0.1, 0.15) is 0 Å². The van der Waals surface area contributed by atoms with E-state index in [2.05, 4.69) is 6.58 Å². The smallest absolute Gasteiger partial charge is 0.335 e. The molecule has 90 valence electrons. The molecular weight excluding hydrogens is 244 g/mol. The highest BCUT2D eigenvalue weighted by Gasteiger charge is 2.11. The second-order valence-corrected chi connectivity index (χ2v) is 3.36. The standard InChI is InChI=1S/C12H11ClO4/c1-2-11(14)16-9-5-3-4-6-10(9)17-12(15)7-8-13/h2-6H,1,7-8H2. The quantitative estimate of drug-likeness (QED) is 0.350. The van der Waals surface area contributed by atoms with Gasteiger partial charge in [-0.3, -0.25) is 4.79 Å². The van der Waals surface area contributed by atoms with Crippen molar-refractivity contribution in [2.45, 2.75) is 6.42 Å². The molecule has 0 aliphatic heterocycles. The van der Waals surface area contributed by atoms with Crippen molar-refractivity contribution in [3.63, 3.8) is 0 Å². The van der Waals surface area contributed by atoms with E-state index >= 15 is 0 Å². The number of rotatable bonds is 5. The molecule has 0 aromatic heterocycles. The van der Waals surface area contributed by atoms with Crippen molar-refractivity contribution < 1.29 is 19.1 Å². The van der Waals surface area contributed by atoms with Gasteiger partial charge in [-0.2, -0.15) is 0 Å².